The zero-order valence-corrected chi connectivity index (χ0v) is 18.8. The fourth-order valence-corrected chi connectivity index (χ4v) is 4.00. The molecule has 0 amide bonds. The molecule has 1 N–H and O–H groups in total. The third kappa shape index (κ3) is 5.15. The van der Waals surface area contributed by atoms with Gasteiger partial charge in [0.25, 0.3) is 0 Å². The van der Waals surface area contributed by atoms with Gasteiger partial charge in [0.2, 0.25) is 0 Å². The highest BCUT2D eigenvalue weighted by Crippen LogP contribution is 2.51. The van der Waals surface area contributed by atoms with E-state index in [1.165, 1.54) is 0 Å². The first-order chi connectivity index (χ1) is 14.1. The second-order valence-corrected chi connectivity index (χ2v) is 10.5. The van der Waals surface area contributed by atoms with Crippen molar-refractivity contribution >= 4 is 0 Å². The predicted molar refractivity (Wildman–Crippen MR) is 105 cm³/mol. The minimum Gasteiger partial charge on any atom is -0.507 e. The molecule has 0 bridgehead atoms. The van der Waals surface area contributed by atoms with E-state index in [2.05, 4.69) is 0 Å². The monoisotopic (exact) mass is 475 g/mol. The summed E-state index contributed by atoms with van der Waals surface area (Å²) >= 11 is 0. The van der Waals surface area contributed by atoms with Crippen LogP contribution in [0.15, 0.2) is 12.1 Å². The lowest BCUT2D eigenvalue weighted by atomic mass is 9.78. The van der Waals surface area contributed by atoms with Crippen LogP contribution in [-0.4, -0.2) is 47.4 Å². The van der Waals surface area contributed by atoms with Gasteiger partial charge in [-0.1, -0.05) is 53.7 Å². The van der Waals surface area contributed by atoms with Crippen molar-refractivity contribution in [3.05, 3.63) is 28.8 Å². The Labute approximate surface area is 182 Å². The standard InChI is InChI=1S/C22H29F8NO/c1-18(2,3)13-9-12(10-14(16(13)32)19(4,5)6)7-8-31-11-15(21(25,26)27)17(31)20(23,24)22(28,29)30/h9-10,15,17,32H,7-8,11H2,1-6H3. The summed E-state index contributed by atoms with van der Waals surface area (Å²) in [6, 6.07) is 0.258. The number of halogens is 8. The summed E-state index contributed by atoms with van der Waals surface area (Å²) in [5.41, 5.74) is 0.679. The van der Waals surface area contributed by atoms with Crippen LogP contribution in [0.4, 0.5) is 35.1 Å². The number of benzene rings is 1. The third-order valence-corrected chi connectivity index (χ3v) is 5.85. The maximum Gasteiger partial charge on any atom is 0.454 e. The number of alkyl halides is 8. The maximum atomic E-state index is 13.9. The summed E-state index contributed by atoms with van der Waals surface area (Å²) in [6.07, 6.45) is -11.3. The van der Waals surface area contributed by atoms with Crippen LogP contribution < -0.4 is 0 Å². The van der Waals surface area contributed by atoms with Gasteiger partial charge in [0.05, 0.1) is 12.0 Å². The molecule has 2 nitrogen and oxygen atoms in total. The largest absolute Gasteiger partial charge is 0.507 e. The number of phenolic OH excluding ortho intramolecular Hbond substituents is 1. The van der Waals surface area contributed by atoms with E-state index in [9.17, 15) is 40.2 Å². The Balaban J connectivity index is 2.36. The molecule has 0 aliphatic carbocycles. The van der Waals surface area contributed by atoms with Crippen LogP contribution in [0.25, 0.3) is 0 Å². The van der Waals surface area contributed by atoms with Gasteiger partial charge in [-0.25, -0.2) is 0 Å². The maximum absolute atomic E-state index is 13.9. The summed E-state index contributed by atoms with van der Waals surface area (Å²) in [7, 11) is 0. The van der Waals surface area contributed by atoms with Gasteiger partial charge in [-0.05, 0) is 33.9 Å². The highest BCUT2D eigenvalue weighted by Gasteiger charge is 2.72. The van der Waals surface area contributed by atoms with Crippen LogP contribution in [0.1, 0.15) is 58.2 Å². The van der Waals surface area contributed by atoms with Crippen molar-refractivity contribution < 1.29 is 40.2 Å². The SMILES string of the molecule is CC(C)(C)c1cc(CCN2CC(C(F)(F)F)C2C(F)(F)C(F)(F)F)cc(C(C)(C)C)c1O. The summed E-state index contributed by atoms with van der Waals surface area (Å²) in [5, 5.41) is 10.7. The summed E-state index contributed by atoms with van der Waals surface area (Å²) in [6.45, 7) is 9.77. The Hall–Kier alpha value is -1.58. The second kappa shape index (κ2) is 8.02. The molecule has 0 aromatic heterocycles. The van der Waals surface area contributed by atoms with Crippen molar-refractivity contribution in [3.63, 3.8) is 0 Å². The van der Waals surface area contributed by atoms with E-state index < -0.39 is 54.2 Å². The highest BCUT2D eigenvalue weighted by atomic mass is 19.4. The van der Waals surface area contributed by atoms with Gasteiger partial charge >= 0.3 is 18.3 Å². The van der Waals surface area contributed by atoms with Gasteiger partial charge in [0.1, 0.15) is 5.75 Å². The summed E-state index contributed by atoms with van der Waals surface area (Å²) < 4.78 is 106. The van der Waals surface area contributed by atoms with Crippen molar-refractivity contribution in [2.45, 2.75) is 83.1 Å². The lowest BCUT2D eigenvalue weighted by Crippen LogP contribution is -2.71. The zero-order chi connectivity index (χ0) is 25.1. The number of hydrogen-bond acceptors (Lipinski definition) is 2. The van der Waals surface area contributed by atoms with Crippen molar-refractivity contribution in [2.75, 3.05) is 13.1 Å². The molecule has 1 aromatic rings. The molecule has 1 saturated heterocycles. The lowest BCUT2D eigenvalue weighted by Gasteiger charge is -2.51. The quantitative estimate of drug-likeness (QED) is 0.497. The lowest BCUT2D eigenvalue weighted by molar-refractivity contribution is -0.348. The number of phenols is 1. The van der Waals surface area contributed by atoms with Gasteiger partial charge in [-0.15, -0.1) is 0 Å². The Kier molecular flexibility index (Phi) is 6.69. The van der Waals surface area contributed by atoms with E-state index in [4.69, 9.17) is 0 Å². The van der Waals surface area contributed by atoms with Crippen LogP contribution >= 0.6 is 0 Å². The predicted octanol–water partition coefficient (Wildman–Crippen LogP) is 6.59. The van der Waals surface area contributed by atoms with Gasteiger partial charge in [0.15, 0.2) is 0 Å². The highest BCUT2D eigenvalue weighted by molar-refractivity contribution is 5.50. The number of likely N-dealkylation sites (tertiary alicyclic amines) is 1. The molecule has 32 heavy (non-hydrogen) atoms. The van der Waals surface area contributed by atoms with Crippen molar-refractivity contribution in [1.29, 1.82) is 0 Å². The number of nitrogens with zero attached hydrogens (tertiary/aromatic N) is 1. The van der Waals surface area contributed by atoms with E-state index in [-0.39, 0.29) is 12.2 Å². The van der Waals surface area contributed by atoms with E-state index in [0.29, 0.717) is 21.6 Å². The molecule has 0 spiro atoms. The van der Waals surface area contributed by atoms with Crippen LogP contribution in [0, 0.1) is 5.92 Å². The van der Waals surface area contributed by atoms with E-state index in [1.807, 2.05) is 41.5 Å². The zero-order valence-electron chi connectivity index (χ0n) is 18.8. The number of rotatable bonds is 4. The van der Waals surface area contributed by atoms with Crippen LogP contribution in [-0.2, 0) is 17.3 Å². The molecule has 10 heteroatoms. The Bertz CT molecular complexity index is 795. The van der Waals surface area contributed by atoms with Gasteiger partial charge in [-0.3, -0.25) is 4.90 Å². The molecule has 1 aromatic carbocycles. The van der Waals surface area contributed by atoms with E-state index in [1.54, 1.807) is 12.1 Å². The molecule has 1 aliphatic heterocycles. The fraction of sp³-hybridized carbons (Fsp3) is 0.727. The van der Waals surface area contributed by atoms with E-state index in [0.717, 1.165) is 0 Å². The fourth-order valence-electron chi connectivity index (χ4n) is 4.00. The Morgan fingerprint density at radius 3 is 1.62 bits per heavy atom. The van der Waals surface area contributed by atoms with Crippen LogP contribution in [0.2, 0.25) is 0 Å². The summed E-state index contributed by atoms with van der Waals surface area (Å²) in [4.78, 5) is 0.548. The molecule has 184 valence electrons. The average molecular weight is 475 g/mol. The molecular formula is C22H29F8NO. The second-order valence-electron chi connectivity index (χ2n) is 10.5. The van der Waals surface area contributed by atoms with Crippen molar-refractivity contribution in [2.24, 2.45) is 5.92 Å². The van der Waals surface area contributed by atoms with Gasteiger partial charge < -0.3 is 5.11 Å². The van der Waals surface area contributed by atoms with Crippen LogP contribution in [0.3, 0.4) is 0 Å². The number of hydrogen-bond donors (Lipinski definition) is 1. The first kappa shape index (κ1) is 26.7. The Morgan fingerprint density at radius 2 is 1.28 bits per heavy atom. The molecular weight excluding hydrogens is 446 g/mol. The molecule has 0 saturated carbocycles. The molecule has 2 unspecified atom stereocenters. The van der Waals surface area contributed by atoms with E-state index >= 15 is 0 Å². The minimum atomic E-state index is -6.09. The normalized spacial score (nSPS) is 21.6. The van der Waals surface area contributed by atoms with Gasteiger partial charge in [0, 0.05) is 13.1 Å². The first-order valence-corrected chi connectivity index (χ1v) is 10.2. The smallest absolute Gasteiger partial charge is 0.454 e. The number of aromatic hydroxyl groups is 1. The molecule has 1 aliphatic rings. The molecule has 1 heterocycles. The summed E-state index contributed by atoms with van der Waals surface area (Å²) in [5.74, 6) is -8.18. The molecule has 2 atom stereocenters. The average Bonchev–Trinajstić information content (AvgIpc) is 2.49. The van der Waals surface area contributed by atoms with Gasteiger partial charge in [-0.2, -0.15) is 35.1 Å². The molecule has 0 radical (unpaired) electrons. The topological polar surface area (TPSA) is 23.5 Å². The molecule has 2 rings (SSSR count). The van der Waals surface area contributed by atoms with Crippen molar-refractivity contribution in [1.82, 2.24) is 4.90 Å². The first-order valence-electron chi connectivity index (χ1n) is 10.2. The molecule has 1 fully saturated rings. The Morgan fingerprint density at radius 1 is 0.844 bits per heavy atom. The minimum absolute atomic E-state index is 0.0402. The van der Waals surface area contributed by atoms with Crippen molar-refractivity contribution in [3.8, 4) is 5.75 Å². The van der Waals surface area contributed by atoms with Crippen LogP contribution in [0.5, 0.6) is 5.75 Å². The third-order valence-electron chi connectivity index (χ3n) is 5.85.